The molecule has 1 heterocycles. The molecule has 3 aromatic rings. The van der Waals surface area contributed by atoms with Crippen molar-refractivity contribution in [3.05, 3.63) is 92.9 Å². The minimum Gasteiger partial charge on any atom is -0.267 e. The van der Waals surface area contributed by atoms with Gasteiger partial charge in [0.2, 0.25) is 0 Å². The normalized spacial score (nSPS) is 15.9. The zero-order valence-electron chi connectivity index (χ0n) is 17.3. The van der Waals surface area contributed by atoms with Gasteiger partial charge in [-0.2, -0.15) is 5.10 Å². The number of anilines is 1. The summed E-state index contributed by atoms with van der Waals surface area (Å²) in [6, 6.07) is 17.9. The monoisotopic (exact) mass is 521 g/mol. The third kappa shape index (κ3) is 5.17. The minimum atomic E-state index is -4.06. The fourth-order valence-electron chi connectivity index (χ4n) is 3.44. The summed E-state index contributed by atoms with van der Waals surface area (Å²) in [7, 11) is -4.06. The number of nitrogens with zero attached hydrogens (tertiary/aromatic N) is 2. The smallest absolute Gasteiger partial charge is 0.267 e. The molecule has 0 aliphatic carbocycles. The lowest BCUT2D eigenvalue weighted by molar-refractivity contribution is -0.113. The molecule has 1 atom stereocenters. The van der Waals surface area contributed by atoms with E-state index in [1.54, 1.807) is 47.5 Å². The molecule has 0 saturated heterocycles. The summed E-state index contributed by atoms with van der Waals surface area (Å²) in [6.07, 6.45) is 0.163. The number of carbonyl (C=O) groups is 1. The molecule has 0 saturated carbocycles. The SMILES string of the molecule is Cc1ccc(S(=O)(=O)NC(=O)C2=NN(c3ccc(Cl)cc3Cl)C(c3ccc(Cl)cc3)C2)cc1. The molecule has 1 aliphatic rings. The number of benzene rings is 3. The van der Waals surface area contributed by atoms with Crippen molar-refractivity contribution in [1.29, 1.82) is 0 Å². The number of amides is 1. The van der Waals surface area contributed by atoms with Gasteiger partial charge in [0.15, 0.2) is 0 Å². The van der Waals surface area contributed by atoms with Crippen LogP contribution in [-0.2, 0) is 14.8 Å². The van der Waals surface area contributed by atoms with Gasteiger partial charge < -0.3 is 0 Å². The van der Waals surface area contributed by atoms with Gasteiger partial charge in [0.05, 0.1) is 21.6 Å². The highest BCUT2D eigenvalue weighted by molar-refractivity contribution is 7.90. The fourth-order valence-corrected chi connectivity index (χ4v) is 5.03. The van der Waals surface area contributed by atoms with Crippen LogP contribution < -0.4 is 9.73 Å². The first-order chi connectivity index (χ1) is 15.6. The summed E-state index contributed by atoms with van der Waals surface area (Å²) in [5, 5.41) is 7.39. The van der Waals surface area contributed by atoms with Crippen molar-refractivity contribution in [3.63, 3.8) is 0 Å². The van der Waals surface area contributed by atoms with Gasteiger partial charge in [0, 0.05) is 16.5 Å². The molecule has 4 rings (SSSR count). The molecule has 6 nitrogen and oxygen atoms in total. The van der Waals surface area contributed by atoms with E-state index in [2.05, 4.69) is 9.82 Å². The van der Waals surface area contributed by atoms with E-state index in [9.17, 15) is 13.2 Å². The fraction of sp³-hybridized carbons (Fsp3) is 0.130. The topological polar surface area (TPSA) is 78.8 Å². The number of aryl methyl sites for hydroxylation is 1. The summed E-state index contributed by atoms with van der Waals surface area (Å²) in [5.74, 6) is -0.804. The molecule has 0 aromatic heterocycles. The van der Waals surface area contributed by atoms with E-state index in [0.29, 0.717) is 20.8 Å². The number of halogens is 3. The van der Waals surface area contributed by atoms with Crippen LogP contribution in [0.4, 0.5) is 5.69 Å². The average Bonchev–Trinajstić information content (AvgIpc) is 3.19. The molecule has 10 heteroatoms. The lowest BCUT2D eigenvalue weighted by atomic mass is 10.0. The zero-order chi connectivity index (χ0) is 23.8. The summed E-state index contributed by atoms with van der Waals surface area (Å²) in [5.41, 5.74) is 2.32. The van der Waals surface area contributed by atoms with Crippen LogP contribution in [0.2, 0.25) is 15.1 Å². The first-order valence-electron chi connectivity index (χ1n) is 9.85. The Balaban J connectivity index is 1.67. The van der Waals surface area contributed by atoms with E-state index in [4.69, 9.17) is 34.8 Å². The van der Waals surface area contributed by atoms with Crippen LogP contribution in [-0.4, -0.2) is 20.0 Å². The first-order valence-corrected chi connectivity index (χ1v) is 12.5. The highest BCUT2D eigenvalue weighted by Gasteiger charge is 2.34. The number of nitrogens with one attached hydrogen (secondary N) is 1. The quantitative estimate of drug-likeness (QED) is 0.461. The van der Waals surface area contributed by atoms with Crippen LogP contribution in [0.1, 0.15) is 23.6 Å². The molecule has 0 spiro atoms. The van der Waals surface area contributed by atoms with E-state index in [-0.39, 0.29) is 17.0 Å². The van der Waals surface area contributed by atoms with Crippen molar-refractivity contribution in [2.45, 2.75) is 24.3 Å². The highest BCUT2D eigenvalue weighted by Crippen LogP contribution is 2.40. The standard InChI is InChI=1S/C23H18Cl3N3O3S/c1-14-2-9-18(10-3-14)33(31,32)28-23(30)20-13-22(15-4-6-16(24)7-5-15)29(27-20)21-11-8-17(25)12-19(21)26/h2-12,22H,13H2,1H3,(H,28,30). The Morgan fingerprint density at radius 1 is 0.970 bits per heavy atom. The molecule has 170 valence electrons. The lowest BCUT2D eigenvalue weighted by Gasteiger charge is -2.25. The molecule has 0 bridgehead atoms. The number of hydrogen-bond donors (Lipinski definition) is 1. The van der Waals surface area contributed by atoms with Gasteiger partial charge in [-0.15, -0.1) is 0 Å². The second kappa shape index (κ2) is 9.35. The van der Waals surface area contributed by atoms with Gasteiger partial charge >= 0.3 is 0 Å². The van der Waals surface area contributed by atoms with Crippen LogP contribution in [0.15, 0.2) is 76.7 Å². The van der Waals surface area contributed by atoms with Crippen molar-refractivity contribution < 1.29 is 13.2 Å². The molecular formula is C23H18Cl3N3O3S. The van der Waals surface area contributed by atoms with Crippen LogP contribution in [0, 0.1) is 6.92 Å². The Morgan fingerprint density at radius 3 is 2.24 bits per heavy atom. The van der Waals surface area contributed by atoms with E-state index in [1.165, 1.54) is 12.1 Å². The summed E-state index contributed by atoms with van der Waals surface area (Å²) >= 11 is 18.5. The molecule has 33 heavy (non-hydrogen) atoms. The molecule has 0 radical (unpaired) electrons. The number of carbonyl (C=O) groups excluding carboxylic acids is 1. The van der Waals surface area contributed by atoms with Gasteiger partial charge in [0.1, 0.15) is 5.71 Å². The van der Waals surface area contributed by atoms with Crippen molar-refractivity contribution in [3.8, 4) is 0 Å². The molecule has 0 fully saturated rings. The van der Waals surface area contributed by atoms with E-state index < -0.39 is 22.0 Å². The Bertz CT molecular complexity index is 1340. The molecule has 1 aliphatic heterocycles. The maximum absolute atomic E-state index is 12.9. The molecule has 1 amide bonds. The number of sulfonamides is 1. The predicted octanol–water partition coefficient (Wildman–Crippen LogP) is 5.77. The Morgan fingerprint density at radius 2 is 1.61 bits per heavy atom. The van der Waals surface area contributed by atoms with Crippen molar-refractivity contribution in [1.82, 2.24) is 4.72 Å². The summed E-state index contributed by atoms with van der Waals surface area (Å²) < 4.78 is 27.5. The van der Waals surface area contributed by atoms with Gasteiger partial charge in [0.25, 0.3) is 15.9 Å². The van der Waals surface area contributed by atoms with Crippen LogP contribution in [0.3, 0.4) is 0 Å². The maximum atomic E-state index is 12.9. The van der Waals surface area contributed by atoms with Gasteiger partial charge in [-0.25, -0.2) is 13.1 Å². The third-order valence-electron chi connectivity index (χ3n) is 5.14. The molecule has 3 aromatic carbocycles. The minimum absolute atomic E-state index is 0.00750. The molecule has 1 N–H and O–H groups in total. The van der Waals surface area contributed by atoms with Gasteiger partial charge in [-0.1, -0.05) is 64.6 Å². The van der Waals surface area contributed by atoms with Crippen molar-refractivity contribution in [2.24, 2.45) is 5.10 Å². The molecular weight excluding hydrogens is 505 g/mol. The van der Waals surface area contributed by atoms with E-state index in [0.717, 1.165) is 11.1 Å². The highest BCUT2D eigenvalue weighted by atomic mass is 35.5. The van der Waals surface area contributed by atoms with Crippen LogP contribution in [0.25, 0.3) is 0 Å². The zero-order valence-corrected chi connectivity index (χ0v) is 20.4. The van der Waals surface area contributed by atoms with E-state index in [1.807, 2.05) is 19.1 Å². The Kier molecular flexibility index (Phi) is 6.68. The van der Waals surface area contributed by atoms with Gasteiger partial charge in [-0.3, -0.25) is 9.80 Å². The number of hydrazone groups is 1. The summed E-state index contributed by atoms with van der Waals surface area (Å²) in [4.78, 5) is 12.9. The van der Waals surface area contributed by atoms with Gasteiger partial charge in [-0.05, 0) is 55.0 Å². The first kappa shape index (κ1) is 23.6. The summed E-state index contributed by atoms with van der Waals surface area (Å²) in [6.45, 7) is 1.84. The Labute approximate surface area is 206 Å². The van der Waals surface area contributed by atoms with E-state index >= 15 is 0 Å². The number of rotatable bonds is 5. The van der Waals surface area contributed by atoms with Crippen molar-refractivity contribution in [2.75, 3.05) is 5.01 Å². The number of hydrogen-bond acceptors (Lipinski definition) is 5. The average molecular weight is 523 g/mol. The third-order valence-corrected chi connectivity index (χ3v) is 7.28. The second-order valence-corrected chi connectivity index (χ2v) is 10.5. The van der Waals surface area contributed by atoms with Crippen LogP contribution >= 0.6 is 34.8 Å². The lowest BCUT2D eigenvalue weighted by Crippen LogP contribution is -2.35. The van der Waals surface area contributed by atoms with Crippen LogP contribution in [0.5, 0.6) is 0 Å². The second-order valence-electron chi connectivity index (χ2n) is 7.51. The predicted molar refractivity (Wildman–Crippen MR) is 132 cm³/mol. The largest absolute Gasteiger partial charge is 0.281 e. The molecule has 1 unspecified atom stereocenters. The van der Waals surface area contributed by atoms with Crippen molar-refractivity contribution >= 4 is 62.1 Å². The Hall–Kier alpha value is -2.58. The maximum Gasteiger partial charge on any atom is 0.281 e.